The van der Waals surface area contributed by atoms with Gasteiger partial charge in [0.25, 0.3) is 12.0 Å². The number of halogens is 3. The van der Waals surface area contributed by atoms with Gasteiger partial charge in [0.1, 0.15) is 0 Å². The molecule has 0 saturated carbocycles. The zero-order chi connectivity index (χ0) is 23.0. The highest BCUT2D eigenvalue weighted by atomic mass is 19.3. The average molecular weight is 445 g/mol. The van der Waals surface area contributed by atoms with Crippen molar-refractivity contribution >= 4 is 10.9 Å². The molecule has 2 aromatic carbocycles. The molecular formula is C24H26F3N3O2. The van der Waals surface area contributed by atoms with Gasteiger partial charge in [-0.3, -0.25) is 9.36 Å². The van der Waals surface area contributed by atoms with Crippen molar-refractivity contribution in [2.45, 2.75) is 45.7 Å². The minimum absolute atomic E-state index is 0.0787. The third-order valence-corrected chi connectivity index (χ3v) is 6.18. The number of piperidine rings is 1. The predicted octanol–water partition coefficient (Wildman–Crippen LogP) is 4.97. The summed E-state index contributed by atoms with van der Waals surface area (Å²) in [6.07, 6.45) is -1.05. The van der Waals surface area contributed by atoms with Gasteiger partial charge >= 0.3 is 0 Å². The van der Waals surface area contributed by atoms with Gasteiger partial charge < -0.3 is 10.0 Å². The fraction of sp³-hybridized carbons (Fsp3) is 0.417. The number of nitrogens with zero attached hydrogens (tertiary/aromatic N) is 3. The number of fused-ring (bicyclic) bond motifs is 1. The summed E-state index contributed by atoms with van der Waals surface area (Å²) >= 11 is 0. The van der Waals surface area contributed by atoms with Crippen LogP contribution in [-0.2, 0) is 6.54 Å². The SMILES string of the molecule is CC(C)N1CCC[C@H](Cn2c(C(F)F)nc3ccc(-c4ccc(O)c(F)c4)cc3c2=O)C1. The van der Waals surface area contributed by atoms with Crippen LogP contribution in [0.25, 0.3) is 22.0 Å². The lowest BCUT2D eigenvalue weighted by molar-refractivity contribution is 0.114. The minimum Gasteiger partial charge on any atom is -0.505 e. The maximum atomic E-state index is 13.8. The summed E-state index contributed by atoms with van der Waals surface area (Å²) in [6.45, 7) is 6.10. The molecule has 170 valence electrons. The standard InChI is InChI=1S/C24H26F3N3O2/c1-14(2)29-9-3-4-15(12-29)13-30-23(22(26)27)28-20-7-5-16(10-18(20)24(30)32)17-6-8-21(31)19(25)11-17/h5-8,10-11,14-15,22,31H,3-4,9,12-13H2,1-2H3/t15-/m0/s1. The van der Waals surface area contributed by atoms with Crippen LogP contribution in [0.1, 0.15) is 38.9 Å². The molecule has 1 saturated heterocycles. The molecule has 4 rings (SSSR count). The number of phenols is 1. The fourth-order valence-corrected chi connectivity index (χ4v) is 4.42. The summed E-state index contributed by atoms with van der Waals surface area (Å²) in [4.78, 5) is 19.7. The molecule has 1 atom stereocenters. The first-order valence-corrected chi connectivity index (χ1v) is 10.8. The zero-order valence-corrected chi connectivity index (χ0v) is 18.1. The number of hydrogen-bond donors (Lipinski definition) is 1. The second-order valence-corrected chi connectivity index (χ2v) is 8.68. The lowest BCUT2D eigenvalue weighted by atomic mass is 9.96. The van der Waals surface area contributed by atoms with Gasteiger partial charge in [-0.2, -0.15) is 0 Å². The van der Waals surface area contributed by atoms with Crippen LogP contribution in [0.15, 0.2) is 41.2 Å². The first kappa shape index (κ1) is 22.3. The van der Waals surface area contributed by atoms with Crippen LogP contribution in [0.4, 0.5) is 13.2 Å². The quantitative estimate of drug-likeness (QED) is 0.603. The van der Waals surface area contributed by atoms with E-state index < -0.39 is 29.4 Å². The van der Waals surface area contributed by atoms with E-state index in [1.807, 2.05) is 0 Å². The molecule has 1 fully saturated rings. The number of benzene rings is 2. The van der Waals surface area contributed by atoms with Crippen LogP contribution in [0, 0.1) is 11.7 Å². The Balaban J connectivity index is 1.77. The summed E-state index contributed by atoms with van der Waals surface area (Å²) in [7, 11) is 0. The van der Waals surface area contributed by atoms with Crippen molar-refractivity contribution in [1.29, 1.82) is 0 Å². The third-order valence-electron chi connectivity index (χ3n) is 6.18. The van der Waals surface area contributed by atoms with Crippen LogP contribution in [0.2, 0.25) is 0 Å². The molecular weight excluding hydrogens is 419 g/mol. The van der Waals surface area contributed by atoms with Gasteiger partial charge in [-0.05, 0) is 74.5 Å². The highest BCUT2D eigenvalue weighted by molar-refractivity contribution is 5.84. The van der Waals surface area contributed by atoms with Crippen molar-refractivity contribution in [2.24, 2.45) is 5.92 Å². The fourth-order valence-electron chi connectivity index (χ4n) is 4.42. The number of rotatable bonds is 5. The Labute approximate surface area is 184 Å². The Bertz CT molecular complexity index is 1190. The maximum Gasteiger partial charge on any atom is 0.295 e. The smallest absolute Gasteiger partial charge is 0.295 e. The topological polar surface area (TPSA) is 58.4 Å². The van der Waals surface area contributed by atoms with Crippen LogP contribution in [0.5, 0.6) is 5.75 Å². The van der Waals surface area contributed by atoms with Crippen LogP contribution >= 0.6 is 0 Å². The van der Waals surface area contributed by atoms with Gasteiger partial charge in [-0.25, -0.2) is 18.2 Å². The monoisotopic (exact) mass is 445 g/mol. The minimum atomic E-state index is -2.87. The summed E-state index contributed by atoms with van der Waals surface area (Å²) in [6, 6.07) is 8.92. The summed E-state index contributed by atoms with van der Waals surface area (Å²) in [5.41, 5.74) is 0.659. The van der Waals surface area contributed by atoms with E-state index in [1.54, 1.807) is 12.1 Å². The van der Waals surface area contributed by atoms with Crippen LogP contribution in [-0.4, -0.2) is 38.7 Å². The molecule has 3 aromatic rings. The van der Waals surface area contributed by atoms with E-state index in [-0.39, 0.29) is 23.4 Å². The van der Waals surface area contributed by atoms with E-state index >= 15 is 0 Å². The molecule has 0 amide bonds. The van der Waals surface area contributed by atoms with Gasteiger partial charge in [0, 0.05) is 19.1 Å². The zero-order valence-electron chi connectivity index (χ0n) is 18.1. The van der Waals surface area contributed by atoms with Gasteiger partial charge in [0.05, 0.1) is 10.9 Å². The Morgan fingerprint density at radius 2 is 1.88 bits per heavy atom. The number of alkyl halides is 2. The van der Waals surface area contributed by atoms with Crippen molar-refractivity contribution in [3.8, 4) is 16.9 Å². The average Bonchev–Trinajstić information content (AvgIpc) is 2.77. The number of hydrogen-bond acceptors (Lipinski definition) is 4. The first-order valence-electron chi connectivity index (χ1n) is 10.8. The Hall–Kier alpha value is -2.87. The molecule has 0 aliphatic carbocycles. The Kier molecular flexibility index (Phi) is 6.24. The van der Waals surface area contributed by atoms with Gasteiger partial charge in [-0.15, -0.1) is 0 Å². The molecule has 32 heavy (non-hydrogen) atoms. The molecule has 8 heteroatoms. The highest BCUT2D eigenvalue weighted by Gasteiger charge is 2.26. The maximum absolute atomic E-state index is 13.8. The number of phenolic OH excluding ortho intramolecular Hbond substituents is 1. The molecule has 0 bridgehead atoms. The Morgan fingerprint density at radius 1 is 1.16 bits per heavy atom. The van der Waals surface area contributed by atoms with Gasteiger partial charge in [0.15, 0.2) is 17.4 Å². The normalized spacial score (nSPS) is 17.5. The molecule has 0 unspecified atom stereocenters. The Morgan fingerprint density at radius 3 is 2.56 bits per heavy atom. The number of aromatic hydroxyl groups is 1. The van der Waals surface area contributed by atoms with Crippen molar-refractivity contribution in [2.75, 3.05) is 13.1 Å². The van der Waals surface area contributed by atoms with E-state index in [9.17, 15) is 23.1 Å². The van der Waals surface area contributed by atoms with Gasteiger partial charge in [0.2, 0.25) is 0 Å². The molecule has 0 spiro atoms. The summed E-state index contributed by atoms with van der Waals surface area (Å²) < 4.78 is 42.6. The van der Waals surface area contributed by atoms with Crippen LogP contribution in [0.3, 0.4) is 0 Å². The van der Waals surface area contributed by atoms with Crippen molar-refractivity contribution in [1.82, 2.24) is 14.5 Å². The van der Waals surface area contributed by atoms with Crippen molar-refractivity contribution in [3.05, 3.63) is 58.4 Å². The number of aromatic nitrogens is 2. The van der Waals surface area contributed by atoms with E-state index in [2.05, 4.69) is 23.7 Å². The second-order valence-electron chi connectivity index (χ2n) is 8.68. The molecule has 5 nitrogen and oxygen atoms in total. The summed E-state index contributed by atoms with van der Waals surface area (Å²) in [5, 5.41) is 9.63. The van der Waals surface area contributed by atoms with E-state index in [4.69, 9.17) is 0 Å². The highest BCUT2D eigenvalue weighted by Crippen LogP contribution is 2.28. The predicted molar refractivity (Wildman–Crippen MR) is 117 cm³/mol. The molecule has 2 heterocycles. The van der Waals surface area contributed by atoms with E-state index in [1.165, 1.54) is 24.3 Å². The molecule has 1 aliphatic rings. The molecule has 1 N–H and O–H groups in total. The van der Waals surface area contributed by atoms with Crippen molar-refractivity contribution in [3.63, 3.8) is 0 Å². The molecule has 1 aliphatic heterocycles. The lowest BCUT2D eigenvalue weighted by Crippen LogP contribution is -2.42. The lowest BCUT2D eigenvalue weighted by Gasteiger charge is -2.35. The first-order chi connectivity index (χ1) is 15.2. The van der Waals surface area contributed by atoms with Gasteiger partial charge in [-0.1, -0.05) is 12.1 Å². The molecule has 0 radical (unpaired) electrons. The second kappa shape index (κ2) is 8.94. The summed E-state index contributed by atoms with van der Waals surface area (Å²) in [5.74, 6) is -1.69. The number of likely N-dealkylation sites (tertiary alicyclic amines) is 1. The third kappa shape index (κ3) is 4.37. The van der Waals surface area contributed by atoms with Crippen molar-refractivity contribution < 1.29 is 18.3 Å². The van der Waals surface area contributed by atoms with E-state index in [0.717, 1.165) is 30.5 Å². The molecule has 1 aromatic heterocycles. The van der Waals surface area contributed by atoms with E-state index in [0.29, 0.717) is 17.2 Å². The largest absolute Gasteiger partial charge is 0.505 e. The van der Waals surface area contributed by atoms with Crippen LogP contribution < -0.4 is 5.56 Å².